The third-order valence-corrected chi connectivity index (χ3v) is 4.43. The fraction of sp³-hybridized carbons (Fsp3) is 0.667. The van der Waals surface area contributed by atoms with E-state index in [0.717, 1.165) is 41.0 Å². The predicted molar refractivity (Wildman–Crippen MR) is 80.9 cm³/mol. The number of fused-ring (bicyclic) bond motifs is 1. The lowest BCUT2D eigenvalue weighted by atomic mass is 10.2. The van der Waals surface area contributed by atoms with Crippen molar-refractivity contribution in [3.8, 4) is 0 Å². The molecule has 1 unspecified atom stereocenters. The molecule has 2 heterocycles. The lowest BCUT2D eigenvalue weighted by Gasteiger charge is -2.09. The molecule has 18 heavy (non-hydrogen) atoms. The second-order valence-electron chi connectivity index (χ2n) is 4.61. The van der Waals surface area contributed by atoms with Gasteiger partial charge in [0.05, 0.1) is 5.69 Å². The molecule has 2 aromatic heterocycles. The quantitative estimate of drug-likeness (QED) is 0.857. The second kappa shape index (κ2) is 5.48. The number of hydrogen-bond acceptors (Lipinski definition) is 3. The molecule has 2 rings (SSSR count). The first kappa shape index (κ1) is 13.7. The van der Waals surface area contributed by atoms with Gasteiger partial charge in [-0.3, -0.25) is 4.68 Å². The molecule has 0 saturated heterocycles. The van der Waals surface area contributed by atoms with Gasteiger partial charge in [-0.05, 0) is 24.9 Å². The van der Waals surface area contributed by atoms with Gasteiger partial charge in [0.15, 0.2) is 10.4 Å². The van der Waals surface area contributed by atoms with Crippen LogP contribution in [0.2, 0.25) is 0 Å². The van der Waals surface area contributed by atoms with Gasteiger partial charge < -0.3 is 9.55 Å². The highest BCUT2D eigenvalue weighted by molar-refractivity contribution is 7.99. The van der Waals surface area contributed by atoms with Gasteiger partial charge in [0.2, 0.25) is 0 Å². The van der Waals surface area contributed by atoms with Crippen molar-refractivity contribution in [2.75, 3.05) is 6.26 Å². The minimum Gasteiger partial charge on any atom is -0.328 e. The number of aromatic nitrogens is 4. The van der Waals surface area contributed by atoms with Crippen molar-refractivity contribution in [3.63, 3.8) is 0 Å². The SMILES string of the molecule is CCCc1nn(C)c2c1[nH]c(=S)n2CC(C)SC. The Morgan fingerprint density at radius 1 is 1.50 bits per heavy atom. The Morgan fingerprint density at radius 3 is 2.83 bits per heavy atom. The van der Waals surface area contributed by atoms with E-state index in [1.54, 1.807) is 0 Å². The van der Waals surface area contributed by atoms with Gasteiger partial charge in [0.1, 0.15) is 5.52 Å². The predicted octanol–water partition coefficient (Wildman–Crippen LogP) is 3.14. The molecule has 0 bridgehead atoms. The molecule has 0 fully saturated rings. The summed E-state index contributed by atoms with van der Waals surface area (Å²) in [5.74, 6) is 0. The number of aryl methyl sites for hydroxylation is 2. The Kier molecular flexibility index (Phi) is 4.17. The average molecular weight is 284 g/mol. The van der Waals surface area contributed by atoms with Crippen molar-refractivity contribution in [1.29, 1.82) is 0 Å². The van der Waals surface area contributed by atoms with Crippen LogP contribution in [0.25, 0.3) is 11.2 Å². The standard InChI is InChI=1S/C12H20N4S2/c1-5-6-9-10-11(15(3)14-9)16(12(17)13-10)7-8(2)18-4/h8H,5-7H2,1-4H3,(H,13,17). The molecule has 1 atom stereocenters. The molecule has 0 aliphatic heterocycles. The van der Waals surface area contributed by atoms with E-state index in [2.05, 4.69) is 34.8 Å². The highest BCUT2D eigenvalue weighted by Gasteiger charge is 2.15. The Balaban J connectivity index is 2.53. The number of imidazole rings is 1. The van der Waals surface area contributed by atoms with Crippen molar-refractivity contribution in [2.24, 2.45) is 7.05 Å². The summed E-state index contributed by atoms with van der Waals surface area (Å²) >= 11 is 7.29. The van der Waals surface area contributed by atoms with E-state index in [9.17, 15) is 0 Å². The van der Waals surface area contributed by atoms with Crippen molar-refractivity contribution in [1.82, 2.24) is 19.3 Å². The van der Waals surface area contributed by atoms with Crippen LogP contribution in [0.5, 0.6) is 0 Å². The van der Waals surface area contributed by atoms with E-state index in [1.165, 1.54) is 0 Å². The molecule has 1 N–H and O–H groups in total. The number of nitrogens with one attached hydrogen (secondary N) is 1. The van der Waals surface area contributed by atoms with Gasteiger partial charge in [-0.1, -0.05) is 20.3 Å². The lowest BCUT2D eigenvalue weighted by Crippen LogP contribution is -2.11. The summed E-state index contributed by atoms with van der Waals surface area (Å²) in [7, 11) is 1.99. The maximum absolute atomic E-state index is 5.43. The summed E-state index contributed by atoms with van der Waals surface area (Å²) in [6.07, 6.45) is 4.22. The molecule has 0 amide bonds. The Bertz CT molecular complexity index is 593. The average Bonchev–Trinajstić information content (AvgIpc) is 2.80. The Morgan fingerprint density at radius 2 is 2.22 bits per heavy atom. The van der Waals surface area contributed by atoms with Crippen LogP contribution in [0.1, 0.15) is 26.0 Å². The van der Waals surface area contributed by atoms with E-state index in [-0.39, 0.29) is 0 Å². The molecule has 0 radical (unpaired) electrons. The van der Waals surface area contributed by atoms with Gasteiger partial charge >= 0.3 is 0 Å². The lowest BCUT2D eigenvalue weighted by molar-refractivity contribution is 0.658. The molecule has 100 valence electrons. The highest BCUT2D eigenvalue weighted by Crippen LogP contribution is 2.20. The monoisotopic (exact) mass is 284 g/mol. The maximum atomic E-state index is 5.43. The molecule has 6 heteroatoms. The van der Waals surface area contributed by atoms with Gasteiger partial charge in [-0.2, -0.15) is 16.9 Å². The summed E-state index contributed by atoms with van der Waals surface area (Å²) in [4.78, 5) is 3.32. The Hall–Kier alpha value is -0.750. The normalized spacial score (nSPS) is 13.3. The fourth-order valence-corrected chi connectivity index (χ4v) is 2.75. The highest BCUT2D eigenvalue weighted by atomic mass is 32.2. The number of thioether (sulfide) groups is 1. The van der Waals surface area contributed by atoms with Crippen LogP contribution in [0.4, 0.5) is 0 Å². The Labute approximate surface area is 117 Å². The van der Waals surface area contributed by atoms with E-state index >= 15 is 0 Å². The third-order valence-electron chi connectivity index (χ3n) is 3.15. The van der Waals surface area contributed by atoms with Crippen molar-refractivity contribution >= 4 is 35.1 Å². The molecule has 0 aliphatic carbocycles. The molecular weight excluding hydrogens is 264 g/mol. The van der Waals surface area contributed by atoms with Gasteiger partial charge in [0.25, 0.3) is 0 Å². The summed E-state index contributed by atoms with van der Waals surface area (Å²) in [6, 6.07) is 0. The van der Waals surface area contributed by atoms with Gasteiger partial charge in [0, 0.05) is 18.8 Å². The van der Waals surface area contributed by atoms with E-state index < -0.39 is 0 Å². The number of nitrogens with zero attached hydrogens (tertiary/aromatic N) is 3. The number of aromatic amines is 1. The molecule has 0 aliphatic rings. The maximum Gasteiger partial charge on any atom is 0.179 e. The number of H-pyrrole nitrogens is 1. The van der Waals surface area contributed by atoms with Crippen LogP contribution in [-0.4, -0.2) is 30.8 Å². The zero-order valence-electron chi connectivity index (χ0n) is 11.4. The third kappa shape index (κ3) is 2.36. The van der Waals surface area contributed by atoms with Crippen LogP contribution >= 0.6 is 24.0 Å². The summed E-state index contributed by atoms with van der Waals surface area (Å²) in [5.41, 5.74) is 3.35. The van der Waals surface area contributed by atoms with Crippen LogP contribution in [-0.2, 0) is 20.0 Å². The van der Waals surface area contributed by atoms with Crippen LogP contribution in [0.3, 0.4) is 0 Å². The van der Waals surface area contributed by atoms with Crippen LogP contribution < -0.4 is 0 Å². The topological polar surface area (TPSA) is 38.5 Å². The van der Waals surface area contributed by atoms with Crippen molar-refractivity contribution in [2.45, 2.75) is 38.5 Å². The molecule has 0 aromatic carbocycles. The first-order valence-corrected chi connectivity index (χ1v) is 7.95. The smallest absolute Gasteiger partial charge is 0.179 e. The molecular formula is C12H20N4S2. The molecule has 2 aromatic rings. The molecule has 4 nitrogen and oxygen atoms in total. The van der Waals surface area contributed by atoms with E-state index in [1.807, 2.05) is 23.5 Å². The second-order valence-corrected chi connectivity index (χ2v) is 6.27. The summed E-state index contributed by atoms with van der Waals surface area (Å²) in [6.45, 7) is 5.31. The zero-order valence-corrected chi connectivity index (χ0v) is 13.0. The first-order valence-electron chi connectivity index (χ1n) is 6.25. The van der Waals surface area contributed by atoms with Gasteiger partial charge in [-0.15, -0.1) is 0 Å². The van der Waals surface area contributed by atoms with Gasteiger partial charge in [-0.25, -0.2) is 0 Å². The van der Waals surface area contributed by atoms with E-state index in [0.29, 0.717) is 5.25 Å². The minimum absolute atomic E-state index is 0.542. The molecule has 0 spiro atoms. The van der Waals surface area contributed by atoms with Crippen molar-refractivity contribution in [3.05, 3.63) is 10.5 Å². The largest absolute Gasteiger partial charge is 0.328 e. The zero-order chi connectivity index (χ0) is 13.3. The first-order chi connectivity index (χ1) is 8.58. The fourth-order valence-electron chi connectivity index (χ4n) is 2.19. The number of rotatable bonds is 5. The summed E-state index contributed by atoms with van der Waals surface area (Å²) in [5, 5.41) is 5.13. The molecule has 0 saturated carbocycles. The summed E-state index contributed by atoms with van der Waals surface area (Å²) < 4.78 is 4.91. The number of hydrogen-bond donors (Lipinski definition) is 1. The van der Waals surface area contributed by atoms with Crippen LogP contribution in [0.15, 0.2) is 0 Å². The minimum atomic E-state index is 0.542. The van der Waals surface area contributed by atoms with E-state index in [4.69, 9.17) is 12.2 Å². The van der Waals surface area contributed by atoms with Crippen molar-refractivity contribution < 1.29 is 0 Å². The van der Waals surface area contributed by atoms with Crippen LogP contribution in [0, 0.1) is 4.77 Å².